The molecule has 3 rings (SSSR count). The smallest absolute Gasteiger partial charge is 0.300 e. The van der Waals surface area contributed by atoms with Gasteiger partial charge in [0.25, 0.3) is 0 Å². The van der Waals surface area contributed by atoms with Crippen LogP contribution in [0.25, 0.3) is 16.8 Å². The summed E-state index contributed by atoms with van der Waals surface area (Å²) in [4.78, 5) is 16.7. The molecule has 3 aromatic rings. The SMILES string of the molecule is COc1c(C)nc2cc(-c3cccc(Br)c3Cl)ccn2c1=O. The van der Waals surface area contributed by atoms with E-state index < -0.39 is 0 Å². The lowest BCUT2D eigenvalue weighted by atomic mass is 10.1. The lowest BCUT2D eigenvalue weighted by Crippen LogP contribution is -2.18. The number of pyridine rings is 1. The fourth-order valence-electron chi connectivity index (χ4n) is 2.36. The van der Waals surface area contributed by atoms with Crippen LogP contribution in [0.3, 0.4) is 0 Å². The standard InChI is InChI=1S/C16H12BrClN2O2/c1-9-15(22-2)16(21)20-7-6-10(8-13(20)19-9)11-4-3-5-12(17)14(11)18/h3-8H,1-2H3. The molecule has 0 saturated carbocycles. The second-order valence-electron chi connectivity index (χ2n) is 4.78. The van der Waals surface area contributed by atoms with Crippen LogP contribution in [-0.4, -0.2) is 16.5 Å². The molecule has 0 atom stereocenters. The number of hydrogen-bond donors (Lipinski definition) is 0. The van der Waals surface area contributed by atoms with Crippen LogP contribution >= 0.6 is 27.5 Å². The minimum Gasteiger partial charge on any atom is -0.490 e. The van der Waals surface area contributed by atoms with Crippen molar-refractivity contribution < 1.29 is 4.74 Å². The minimum atomic E-state index is -0.225. The third-order valence-corrected chi connectivity index (χ3v) is 4.72. The van der Waals surface area contributed by atoms with Crippen LogP contribution in [0, 0.1) is 6.92 Å². The van der Waals surface area contributed by atoms with Gasteiger partial charge >= 0.3 is 5.56 Å². The molecule has 0 spiro atoms. The Hall–Kier alpha value is -1.85. The first-order valence-electron chi connectivity index (χ1n) is 6.54. The van der Waals surface area contributed by atoms with Crippen molar-refractivity contribution in [3.63, 3.8) is 0 Å². The van der Waals surface area contributed by atoms with Crippen LogP contribution in [0.4, 0.5) is 0 Å². The number of halogens is 2. The van der Waals surface area contributed by atoms with E-state index in [1.54, 1.807) is 13.1 Å². The van der Waals surface area contributed by atoms with Gasteiger partial charge in [-0.15, -0.1) is 0 Å². The number of fused-ring (bicyclic) bond motifs is 1. The summed E-state index contributed by atoms with van der Waals surface area (Å²) in [5.74, 6) is 0.255. The van der Waals surface area contributed by atoms with Gasteiger partial charge in [0.2, 0.25) is 5.75 Å². The monoisotopic (exact) mass is 378 g/mol. The molecule has 22 heavy (non-hydrogen) atoms. The number of aromatic nitrogens is 2. The Balaban J connectivity index is 2.27. The Bertz CT molecular complexity index is 937. The molecule has 2 heterocycles. The van der Waals surface area contributed by atoms with Crippen molar-refractivity contribution in [2.45, 2.75) is 6.92 Å². The van der Waals surface area contributed by atoms with E-state index in [-0.39, 0.29) is 11.3 Å². The molecule has 0 saturated heterocycles. The van der Waals surface area contributed by atoms with E-state index in [1.807, 2.05) is 30.3 Å². The summed E-state index contributed by atoms with van der Waals surface area (Å²) in [6, 6.07) is 9.38. The summed E-state index contributed by atoms with van der Waals surface area (Å²) >= 11 is 9.75. The Morgan fingerprint density at radius 1 is 1.32 bits per heavy atom. The van der Waals surface area contributed by atoms with Crippen molar-refractivity contribution in [2.24, 2.45) is 0 Å². The first-order valence-corrected chi connectivity index (χ1v) is 7.71. The molecule has 112 valence electrons. The number of ether oxygens (including phenoxy) is 1. The van der Waals surface area contributed by atoms with Crippen molar-refractivity contribution in [1.29, 1.82) is 0 Å². The van der Waals surface area contributed by atoms with Crippen LogP contribution in [0.2, 0.25) is 5.02 Å². The Kier molecular flexibility index (Phi) is 3.93. The molecule has 1 aromatic carbocycles. The molecule has 0 bridgehead atoms. The Morgan fingerprint density at radius 2 is 2.09 bits per heavy atom. The van der Waals surface area contributed by atoms with E-state index >= 15 is 0 Å². The second kappa shape index (κ2) is 5.74. The average molecular weight is 380 g/mol. The number of aryl methyl sites for hydroxylation is 1. The third-order valence-electron chi connectivity index (χ3n) is 3.43. The summed E-state index contributed by atoms with van der Waals surface area (Å²) in [5, 5.41) is 0.624. The number of nitrogens with zero attached hydrogens (tertiary/aromatic N) is 2. The fourth-order valence-corrected chi connectivity index (χ4v) is 2.96. The molecule has 6 heteroatoms. The highest BCUT2D eigenvalue weighted by molar-refractivity contribution is 9.10. The topological polar surface area (TPSA) is 43.6 Å². The van der Waals surface area contributed by atoms with Crippen molar-refractivity contribution >= 4 is 33.2 Å². The zero-order valence-corrected chi connectivity index (χ0v) is 14.3. The molecular weight excluding hydrogens is 368 g/mol. The van der Waals surface area contributed by atoms with Gasteiger partial charge in [0.1, 0.15) is 5.65 Å². The Morgan fingerprint density at radius 3 is 2.82 bits per heavy atom. The van der Waals surface area contributed by atoms with Gasteiger partial charge < -0.3 is 4.74 Å². The molecule has 4 nitrogen and oxygen atoms in total. The van der Waals surface area contributed by atoms with Crippen molar-refractivity contribution in [2.75, 3.05) is 7.11 Å². The molecule has 0 N–H and O–H groups in total. The lowest BCUT2D eigenvalue weighted by molar-refractivity contribution is 0.401. The van der Waals surface area contributed by atoms with E-state index in [1.165, 1.54) is 11.5 Å². The molecule has 0 amide bonds. The molecule has 0 aliphatic rings. The molecular formula is C16H12BrClN2O2. The van der Waals surface area contributed by atoms with E-state index in [4.69, 9.17) is 16.3 Å². The fraction of sp³-hybridized carbons (Fsp3) is 0.125. The first-order chi connectivity index (χ1) is 10.5. The van der Waals surface area contributed by atoms with Gasteiger partial charge in [-0.1, -0.05) is 23.7 Å². The highest BCUT2D eigenvalue weighted by atomic mass is 79.9. The van der Waals surface area contributed by atoms with Gasteiger partial charge in [-0.25, -0.2) is 4.98 Å². The summed E-state index contributed by atoms with van der Waals surface area (Å²) in [6.45, 7) is 1.75. The largest absolute Gasteiger partial charge is 0.490 e. The number of hydrogen-bond acceptors (Lipinski definition) is 3. The second-order valence-corrected chi connectivity index (χ2v) is 6.01. The van der Waals surface area contributed by atoms with Crippen LogP contribution in [-0.2, 0) is 0 Å². The first kappa shape index (κ1) is 15.1. The van der Waals surface area contributed by atoms with E-state index in [2.05, 4.69) is 20.9 Å². The predicted molar refractivity (Wildman–Crippen MR) is 90.9 cm³/mol. The maximum Gasteiger partial charge on any atom is 0.300 e. The maximum atomic E-state index is 12.3. The Labute approximate surface area is 140 Å². The normalized spacial score (nSPS) is 10.9. The van der Waals surface area contributed by atoms with Gasteiger partial charge in [0.05, 0.1) is 17.8 Å². The maximum absolute atomic E-state index is 12.3. The van der Waals surface area contributed by atoms with Crippen molar-refractivity contribution in [3.8, 4) is 16.9 Å². The van der Waals surface area contributed by atoms with E-state index in [9.17, 15) is 4.79 Å². The number of rotatable bonds is 2. The van der Waals surface area contributed by atoms with Gasteiger partial charge in [-0.3, -0.25) is 9.20 Å². The lowest BCUT2D eigenvalue weighted by Gasteiger charge is -2.10. The molecule has 0 radical (unpaired) electrons. The number of methoxy groups -OCH3 is 1. The molecule has 0 unspecified atom stereocenters. The zero-order valence-electron chi connectivity index (χ0n) is 11.9. The summed E-state index contributed by atoms with van der Waals surface area (Å²) in [5.41, 5.74) is 2.66. The minimum absolute atomic E-state index is 0.225. The van der Waals surface area contributed by atoms with Gasteiger partial charge in [-0.05, 0) is 46.6 Å². The molecule has 0 aliphatic carbocycles. The van der Waals surface area contributed by atoms with Crippen LogP contribution in [0.5, 0.6) is 5.75 Å². The molecule has 0 aliphatic heterocycles. The van der Waals surface area contributed by atoms with Crippen molar-refractivity contribution in [1.82, 2.24) is 9.38 Å². The average Bonchev–Trinajstić information content (AvgIpc) is 2.50. The van der Waals surface area contributed by atoms with Gasteiger partial charge in [0.15, 0.2) is 0 Å². The van der Waals surface area contributed by atoms with Crippen LogP contribution < -0.4 is 10.3 Å². The van der Waals surface area contributed by atoms with Crippen LogP contribution in [0.1, 0.15) is 5.69 Å². The van der Waals surface area contributed by atoms with Gasteiger partial charge in [-0.2, -0.15) is 0 Å². The third kappa shape index (κ3) is 2.40. The quantitative estimate of drug-likeness (QED) is 0.673. The van der Waals surface area contributed by atoms with E-state index in [0.717, 1.165) is 15.6 Å². The highest BCUT2D eigenvalue weighted by Crippen LogP contribution is 2.33. The van der Waals surface area contributed by atoms with E-state index in [0.29, 0.717) is 16.4 Å². The molecule has 0 fully saturated rings. The molecule has 2 aromatic heterocycles. The zero-order chi connectivity index (χ0) is 15.9. The summed E-state index contributed by atoms with van der Waals surface area (Å²) in [7, 11) is 1.47. The van der Waals surface area contributed by atoms with Crippen molar-refractivity contribution in [3.05, 3.63) is 62.1 Å². The summed E-state index contributed by atoms with van der Waals surface area (Å²) < 4.78 is 7.39. The highest BCUT2D eigenvalue weighted by Gasteiger charge is 2.12. The van der Waals surface area contributed by atoms with Crippen LogP contribution in [0.15, 0.2) is 45.8 Å². The van der Waals surface area contributed by atoms with Gasteiger partial charge in [0, 0.05) is 16.2 Å². The summed E-state index contributed by atoms with van der Waals surface area (Å²) in [6.07, 6.45) is 1.68. The predicted octanol–water partition coefficient (Wildman–Crippen LogP) is 4.09. The number of benzene rings is 1.